The molecule has 0 bridgehead atoms. The Balaban J connectivity index is 2.23. The largest absolute Gasteiger partial charge is 0.468 e. The number of nitrogens with one attached hydrogen (secondary N) is 1. The van der Waals surface area contributed by atoms with Crippen molar-refractivity contribution in [3.63, 3.8) is 0 Å². The first-order valence-corrected chi connectivity index (χ1v) is 8.33. The maximum Gasteiger partial charge on any atom is 0.241 e. The van der Waals surface area contributed by atoms with Crippen LogP contribution in [0.15, 0.2) is 52.0 Å². The van der Waals surface area contributed by atoms with Crippen molar-refractivity contribution in [1.29, 1.82) is 0 Å². The molecule has 1 heterocycles. The van der Waals surface area contributed by atoms with Crippen LogP contribution in [-0.4, -0.2) is 8.42 Å². The van der Waals surface area contributed by atoms with Gasteiger partial charge in [-0.1, -0.05) is 19.1 Å². The Morgan fingerprint density at radius 1 is 1.29 bits per heavy atom. The fraction of sp³-hybridized carbons (Fsp3) is 0.333. The minimum Gasteiger partial charge on any atom is -0.468 e. The van der Waals surface area contributed by atoms with Crippen LogP contribution in [0.3, 0.4) is 0 Å². The first-order chi connectivity index (χ1) is 9.94. The molecule has 2 aromatic rings. The lowest BCUT2D eigenvalue weighted by Gasteiger charge is -2.14. The maximum absolute atomic E-state index is 12.4. The number of furan rings is 1. The maximum atomic E-state index is 12.4. The van der Waals surface area contributed by atoms with E-state index in [-0.39, 0.29) is 10.9 Å². The molecule has 2 rings (SSSR count). The van der Waals surface area contributed by atoms with Gasteiger partial charge in [-0.25, -0.2) is 13.1 Å². The lowest BCUT2D eigenvalue weighted by atomic mass is 10.1. The second kappa shape index (κ2) is 6.43. The van der Waals surface area contributed by atoms with E-state index in [1.807, 2.05) is 13.0 Å². The van der Waals surface area contributed by atoms with Crippen molar-refractivity contribution in [2.75, 3.05) is 0 Å². The molecule has 0 radical (unpaired) electrons. The van der Waals surface area contributed by atoms with Gasteiger partial charge in [-0.15, -0.1) is 0 Å². The molecule has 1 aromatic heterocycles. The summed E-state index contributed by atoms with van der Waals surface area (Å²) in [4.78, 5) is 0.210. The van der Waals surface area contributed by atoms with Gasteiger partial charge in [0.05, 0.1) is 17.2 Å². The Kier molecular flexibility index (Phi) is 4.82. The molecule has 21 heavy (non-hydrogen) atoms. The van der Waals surface area contributed by atoms with Crippen LogP contribution in [0.2, 0.25) is 0 Å². The highest BCUT2D eigenvalue weighted by molar-refractivity contribution is 7.89. The van der Waals surface area contributed by atoms with E-state index in [1.54, 1.807) is 37.3 Å². The third-order valence-corrected chi connectivity index (χ3v) is 4.88. The van der Waals surface area contributed by atoms with E-state index in [2.05, 4.69) is 4.72 Å². The molecule has 1 aromatic carbocycles. The molecule has 0 saturated heterocycles. The van der Waals surface area contributed by atoms with Gasteiger partial charge in [0.15, 0.2) is 0 Å². The van der Waals surface area contributed by atoms with E-state index in [4.69, 9.17) is 10.2 Å². The highest BCUT2D eigenvalue weighted by atomic mass is 32.2. The van der Waals surface area contributed by atoms with E-state index in [0.717, 1.165) is 12.0 Å². The molecular formula is C15H20N2O3S. The number of rotatable bonds is 6. The number of hydrogen-bond donors (Lipinski definition) is 2. The van der Waals surface area contributed by atoms with Gasteiger partial charge in [-0.3, -0.25) is 0 Å². The summed E-state index contributed by atoms with van der Waals surface area (Å²) < 4.78 is 32.6. The van der Waals surface area contributed by atoms with Crippen molar-refractivity contribution in [2.24, 2.45) is 5.73 Å². The summed E-state index contributed by atoms with van der Waals surface area (Å²) in [6.07, 6.45) is 2.26. The minimum absolute atomic E-state index is 0.164. The molecule has 2 unspecified atom stereocenters. The topological polar surface area (TPSA) is 85.3 Å². The second-order valence-corrected chi connectivity index (χ2v) is 6.66. The molecule has 3 N–H and O–H groups in total. The van der Waals surface area contributed by atoms with Gasteiger partial charge >= 0.3 is 0 Å². The van der Waals surface area contributed by atoms with Gasteiger partial charge in [0.25, 0.3) is 0 Å². The van der Waals surface area contributed by atoms with E-state index < -0.39 is 16.1 Å². The average molecular weight is 308 g/mol. The van der Waals surface area contributed by atoms with Gasteiger partial charge in [-0.2, -0.15) is 0 Å². The van der Waals surface area contributed by atoms with Crippen molar-refractivity contribution in [2.45, 2.75) is 37.2 Å². The molecule has 5 nitrogen and oxygen atoms in total. The van der Waals surface area contributed by atoms with Gasteiger partial charge in [0.1, 0.15) is 5.76 Å². The number of benzene rings is 1. The lowest BCUT2D eigenvalue weighted by Crippen LogP contribution is -2.26. The summed E-state index contributed by atoms with van der Waals surface area (Å²) in [5.41, 5.74) is 6.77. The fourth-order valence-corrected chi connectivity index (χ4v) is 3.31. The quantitative estimate of drug-likeness (QED) is 0.859. The molecule has 0 aliphatic heterocycles. The van der Waals surface area contributed by atoms with Gasteiger partial charge < -0.3 is 10.2 Å². The summed E-state index contributed by atoms with van der Waals surface area (Å²) in [5.74, 6) is 0.569. The Morgan fingerprint density at radius 2 is 2.05 bits per heavy atom. The molecule has 0 aliphatic rings. The fourth-order valence-electron chi connectivity index (χ4n) is 2.04. The SMILES string of the molecule is CCC(N)c1cccc(S(=O)(=O)NC(C)c2ccco2)c1. The normalized spacial score (nSPS) is 14.8. The summed E-state index contributed by atoms with van der Waals surface area (Å²) in [7, 11) is -3.62. The Morgan fingerprint density at radius 3 is 2.67 bits per heavy atom. The Hall–Kier alpha value is -1.63. The van der Waals surface area contributed by atoms with Crippen molar-refractivity contribution in [1.82, 2.24) is 4.72 Å². The second-order valence-electron chi connectivity index (χ2n) is 4.95. The van der Waals surface area contributed by atoms with Crippen LogP contribution >= 0.6 is 0 Å². The third-order valence-electron chi connectivity index (χ3n) is 3.34. The van der Waals surface area contributed by atoms with E-state index in [1.165, 1.54) is 6.26 Å². The van der Waals surface area contributed by atoms with Gasteiger partial charge in [0, 0.05) is 6.04 Å². The molecule has 6 heteroatoms. The molecule has 0 aliphatic carbocycles. The molecule has 0 saturated carbocycles. The van der Waals surface area contributed by atoms with Crippen molar-refractivity contribution in [3.8, 4) is 0 Å². The number of hydrogen-bond acceptors (Lipinski definition) is 4. The molecule has 2 atom stereocenters. The summed E-state index contributed by atoms with van der Waals surface area (Å²) in [5, 5.41) is 0. The molecule has 0 spiro atoms. The van der Waals surface area contributed by atoms with Crippen LogP contribution in [0.4, 0.5) is 0 Å². The zero-order valence-electron chi connectivity index (χ0n) is 12.1. The summed E-state index contributed by atoms with van der Waals surface area (Å²) >= 11 is 0. The minimum atomic E-state index is -3.62. The van der Waals surface area contributed by atoms with E-state index in [0.29, 0.717) is 5.76 Å². The summed E-state index contributed by atoms with van der Waals surface area (Å²) in [6.45, 7) is 3.70. The van der Waals surface area contributed by atoms with Crippen LogP contribution < -0.4 is 10.5 Å². The first kappa shape index (κ1) is 15.8. The van der Waals surface area contributed by atoms with Crippen molar-refractivity contribution < 1.29 is 12.8 Å². The monoisotopic (exact) mass is 308 g/mol. The predicted octanol–water partition coefficient (Wildman–Crippen LogP) is 2.73. The van der Waals surface area contributed by atoms with Crippen LogP contribution in [-0.2, 0) is 10.0 Å². The Labute approximate surface area is 125 Å². The van der Waals surface area contributed by atoms with Crippen molar-refractivity contribution in [3.05, 3.63) is 54.0 Å². The molecule has 114 valence electrons. The van der Waals surface area contributed by atoms with Gasteiger partial charge in [-0.05, 0) is 43.2 Å². The van der Waals surface area contributed by atoms with E-state index in [9.17, 15) is 8.42 Å². The zero-order valence-corrected chi connectivity index (χ0v) is 12.9. The highest BCUT2D eigenvalue weighted by Crippen LogP contribution is 2.20. The zero-order chi connectivity index (χ0) is 15.5. The standard InChI is InChI=1S/C15H20N2O3S/c1-3-14(16)12-6-4-7-13(10-12)21(18,19)17-11(2)15-8-5-9-20-15/h4-11,14,17H,3,16H2,1-2H3. The smallest absolute Gasteiger partial charge is 0.241 e. The van der Waals surface area contributed by atoms with Crippen LogP contribution in [0.25, 0.3) is 0 Å². The highest BCUT2D eigenvalue weighted by Gasteiger charge is 2.20. The number of nitrogens with two attached hydrogens (primary N) is 1. The number of sulfonamides is 1. The van der Waals surface area contributed by atoms with Crippen LogP contribution in [0, 0.1) is 0 Å². The molecular weight excluding hydrogens is 288 g/mol. The van der Waals surface area contributed by atoms with Crippen LogP contribution in [0.1, 0.15) is 43.7 Å². The van der Waals surface area contributed by atoms with Gasteiger partial charge in [0.2, 0.25) is 10.0 Å². The first-order valence-electron chi connectivity index (χ1n) is 6.85. The Bertz CT molecular complexity index is 681. The predicted molar refractivity (Wildman–Crippen MR) is 81.1 cm³/mol. The van der Waals surface area contributed by atoms with E-state index >= 15 is 0 Å². The van der Waals surface area contributed by atoms with Crippen LogP contribution in [0.5, 0.6) is 0 Å². The summed E-state index contributed by atoms with van der Waals surface area (Å²) in [6, 6.07) is 9.57. The lowest BCUT2D eigenvalue weighted by molar-refractivity contribution is 0.459. The molecule has 0 fully saturated rings. The molecule has 0 amide bonds. The van der Waals surface area contributed by atoms with Crippen molar-refractivity contribution >= 4 is 10.0 Å². The third kappa shape index (κ3) is 3.72. The average Bonchev–Trinajstić information content (AvgIpc) is 3.00.